The van der Waals surface area contributed by atoms with Gasteiger partial charge in [0.15, 0.2) is 9.84 Å². The van der Waals surface area contributed by atoms with Gasteiger partial charge in [-0.15, -0.1) is 0 Å². The Bertz CT molecular complexity index is 1170. The first kappa shape index (κ1) is 19.8. The Hall–Kier alpha value is -2.49. The molecule has 0 aliphatic carbocycles. The quantitative estimate of drug-likeness (QED) is 0.633. The molecule has 1 fully saturated rings. The van der Waals surface area contributed by atoms with Gasteiger partial charge in [-0.25, -0.2) is 21.5 Å². The van der Waals surface area contributed by atoms with E-state index in [1.807, 2.05) is 6.07 Å². The Morgan fingerprint density at radius 3 is 2.31 bits per heavy atom. The summed E-state index contributed by atoms with van der Waals surface area (Å²) in [6, 6.07) is 17.2. The molecule has 2 heterocycles. The zero-order chi connectivity index (χ0) is 20.5. The molecule has 152 valence electrons. The van der Waals surface area contributed by atoms with Crippen molar-refractivity contribution >= 4 is 19.9 Å². The number of benzene rings is 2. The highest BCUT2D eigenvalue weighted by molar-refractivity contribution is 7.92. The van der Waals surface area contributed by atoms with E-state index in [9.17, 15) is 16.8 Å². The van der Waals surface area contributed by atoms with Crippen molar-refractivity contribution < 1.29 is 16.8 Å². The van der Waals surface area contributed by atoms with Crippen LogP contribution >= 0.6 is 0 Å². The van der Waals surface area contributed by atoms with Gasteiger partial charge < -0.3 is 0 Å². The summed E-state index contributed by atoms with van der Waals surface area (Å²) in [4.78, 5) is 0.143. The molecule has 0 bridgehead atoms. The summed E-state index contributed by atoms with van der Waals surface area (Å²) in [5.41, 5.74) is 1.45. The molecule has 0 amide bonds. The SMILES string of the molecule is O=S1(=O)CCN(S(=O)(=O)c2ccc(-n3cccn3)cc2)CC[C@@H]1c1ccccc1. The van der Waals surface area contributed by atoms with Crippen molar-refractivity contribution in [1.29, 1.82) is 0 Å². The van der Waals surface area contributed by atoms with Crippen LogP contribution in [0, 0.1) is 0 Å². The van der Waals surface area contributed by atoms with E-state index in [-0.39, 0.29) is 30.2 Å². The van der Waals surface area contributed by atoms with E-state index in [2.05, 4.69) is 5.10 Å². The van der Waals surface area contributed by atoms with Crippen LogP contribution in [0.25, 0.3) is 5.69 Å². The molecular formula is C20H21N3O4S2. The van der Waals surface area contributed by atoms with Crippen LogP contribution in [0.5, 0.6) is 0 Å². The van der Waals surface area contributed by atoms with E-state index in [1.54, 1.807) is 59.5 Å². The van der Waals surface area contributed by atoms with Gasteiger partial charge in [0.1, 0.15) is 0 Å². The topological polar surface area (TPSA) is 89.3 Å². The molecule has 3 aromatic rings. The molecule has 2 aromatic carbocycles. The molecule has 29 heavy (non-hydrogen) atoms. The van der Waals surface area contributed by atoms with Crippen molar-refractivity contribution in [1.82, 2.24) is 14.1 Å². The van der Waals surface area contributed by atoms with Crippen LogP contribution in [-0.4, -0.2) is 49.8 Å². The molecule has 1 aliphatic rings. The first-order valence-electron chi connectivity index (χ1n) is 9.25. The Morgan fingerprint density at radius 2 is 1.66 bits per heavy atom. The summed E-state index contributed by atoms with van der Waals surface area (Å²) in [5, 5.41) is 3.43. The number of hydrogen-bond donors (Lipinski definition) is 0. The van der Waals surface area contributed by atoms with Gasteiger partial charge in [0.25, 0.3) is 0 Å². The maximum Gasteiger partial charge on any atom is 0.243 e. The first-order chi connectivity index (χ1) is 13.9. The summed E-state index contributed by atoms with van der Waals surface area (Å²) in [7, 11) is -7.23. The monoisotopic (exact) mass is 431 g/mol. The number of nitrogens with zero attached hydrogens (tertiary/aromatic N) is 3. The Labute approximate surface area is 170 Å². The zero-order valence-corrected chi connectivity index (χ0v) is 17.3. The largest absolute Gasteiger partial charge is 0.243 e. The fraction of sp³-hybridized carbons (Fsp3) is 0.250. The summed E-state index contributed by atoms with van der Waals surface area (Å²) < 4.78 is 54.6. The number of rotatable bonds is 4. The number of aromatic nitrogens is 2. The summed E-state index contributed by atoms with van der Waals surface area (Å²) in [5.74, 6) is -0.197. The van der Waals surface area contributed by atoms with Crippen molar-refractivity contribution in [2.75, 3.05) is 18.8 Å². The second-order valence-corrected chi connectivity index (χ2v) is 11.1. The van der Waals surface area contributed by atoms with Crippen LogP contribution in [0.2, 0.25) is 0 Å². The lowest BCUT2D eigenvalue weighted by atomic mass is 10.1. The van der Waals surface area contributed by atoms with Gasteiger partial charge in [0, 0.05) is 25.5 Å². The van der Waals surface area contributed by atoms with Crippen molar-refractivity contribution in [2.45, 2.75) is 16.6 Å². The van der Waals surface area contributed by atoms with Crippen molar-refractivity contribution in [2.24, 2.45) is 0 Å². The van der Waals surface area contributed by atoms with Crippen LogP contribution in [0.3, 0.4) is 0 Å². The van der Waals surface area contributed by atoms with Gasteiger partial charge >= 0.3 is 0 Å². The average molecular weight is 432 g/mol. The van der Waals surface area contributed by atoms with E-state index in [0.29, 0.717) is 5.56 Å². The van der Waals surface area contributed by atoms with Crippen LogP contribution in [0.4, 0.5) is 0 Å². The highest BCUT2D eigenvalue weighted by Crippen LogP contribution is 2.31. The molecule has 7 nitrogen and oxygen atoms in total. The van der Waals surface area contributed by atoms with Gasteiger partial charge in [-0.05, 0) is 42.3 Å². The number of sulfonamides is 1. The second-order valence-electron chi connectivity index (χ2n) is 6.90. The molecule has 9 heteroatoms. The lowest BCUT2D eigenvalue weighted by molar-refractivity contribution is 0.428. The maximum atomic E-state index is 13.1. The maximum absolute atomic E-state index is 13.1. The van der Waals surface area contributed by atoms with E-state index in [1.165, 1.54) is 16.4 Å². The van der Waals surface area contributed by atoms with Gasteiger partial charge in [-0.2, -0.15) is 9.40 Å². The third kappa shape index (κ3) is 3.98. The molecule has 1 aliphatic heterocycles. The molecule has 1 atom stereocenters. The smallest absolute Gasteiger partial charge is 0.241 e. The van der Waals surface area contributed by atoms with Crippen LogP contribution in [0.1, 0.15) is 17.2 Å². The van der Waals surface area contributed by atoms with Crippen molar-refractivity contribution in [3.63, 3.8) is 0 Å². The third-order valence-corrected chi connectivity index (χ3v) is 9.15. The second kappa shape index (κ2) is 7.74. The van der Waals surface area contributed by atoms with Gasteiger partial charge in [-0.3, -0.25) is 0 Å². The summed E-state index contributed by atoms with van der Waals surface area (Å²) in [6.07, 6.45) is 3.65. The third-order valence-electron chi connectivity index (χ3n) is 5.11. The molecule has 0 saturated carbocycles. The lowest BCUT2D eigenvalue weighted by Gasteiger charge is -2.20. The average Bonchev–Trinajstić information content (AvgIpc) is 3.20. The molecule has 0 N–H and O–H groups in total. The number of hydrogen-bond acceptors (Lipinski definition) is 5. The molecule has 1 saturated heterocycles. The van der Waals surface area contributed by atoms with Gasteiger partial charge in [0.05, 0.1) is 21.6 Å². The lowest BCUT2D eigenvalue weighted by Crippen LogP contribution is -2.33. The first-order valence-corrected chi connectivity index (χ1v) is 12.4. The Morgan fingerprint density at radius 1 is 0.931 bits per heavy atom. The van der Waals surface area contributed by atoms with Crippen LogP contribution in [0.15, 0.2) is 78.0 Å². The minimum atomic E-state index is -3.79. The fourth-order valence-electron chi connectivity index (χ4n) is 3.55. The van der Waals surface area contributed by atoms with Crippen molar-refractivity contribution in [3.05, 3.63) is 78.6 Å². The van der Waals surface area contributed by atoms with Crippen molar-refractivity contribution in [3.8, 4) is 5.69 Å². The summed E-state index contributed by atoms with van der Waals surface area (Å²) >= 11 is 0. The van der Waals surface area contributed by atoms with E-state index < -0.39 is 25.1 Å². The normalized spacial score (nSPS) is 20.2. The highest BCUT2D eigenvalue weighted by Gasteiger charge is 2.35. The Balaban J connectivity index is 1.58. The predicted octanol–water partition coefficient (Wildman–Crippen LogP) is 2.42. The van der Waals surface area contributed by atoms with Gasteiger partial charge in [-0.1, -0.05) is 30.3 Å². The van der Waals surface area contributed by atoms with E-state index in [0.717, 1.165) is 5.69 Å². The molecule has 4 rings (SSSR count). The molecule has 0 unspecified atom stereocenters. The molecule has 0 spiro atoms. The highest BCUT2D eigenvalue weighted by atomic mass is 32.2. The van der Waals surface area contributed by atoms with Crippen LogP contribution < -0.4 is 0 Å². The zero-order valence-electron chi connectivity index (χ0n) is 15.6. The fourth-order valence-corrected chi connectivity index (χ4v) is 6.91. The number of sulfone groups is 1. The summed E-state index contributed by atoms with van der Waals surface area (Å²) in [6.45, 7) is 0.108. The van der Waals surface area contributed by atoms with Gasteiger partial charge in [0.2, 0.25) is 10.0 Å². The van der Waals surface area contributed by atoms with E-state index >= 15 is 0 Å². The predicted molar refractivity (Wildman–Crippen MR) is 110 cm³/mol. The molecule has 0 radical (unpaired) electrons. The standard InChI is InChI=1S/C20H21N3O4S2/c24-28(25)16-15-22(14-11-20(28)17-5-2-1-3-6-17)29(26,27)19-9-7-18(8-10-19)23-13-4-12-21-23/h1-10,12-13,20H,11,14-16H2/t20-/m1/s1. The Kier molecular flexibility index (Phi) is 5.28. The van der Waals surface area contributed by atoms with Crippen LogP contribution in [-0.2, 0) is 19.9 Å². The molecule has 1 aromatic heterocycles. The minimum absolute atomic E-state index is 0.0467. The van der Waals surface area contributed by atoms with E-state index in [4.69, 9.17) is 0 Å². The molecular weight excluding hydrogens is 410 g/mol. The minimum Gasteiger partial charge on any atom is -0.241 e.